The molecule has 1 heterocycles. The number of nitrogens with one attached hydrogen (secondary N) is 1. The van der Waals surface area contributed by atoms with E-state index in [2.05, 4.69) is 14.9 Å². The molecular weight excluding hydrogens is 353 g/mol. The fourth-order valence-electron chi connectivity index (χ4n) is 2.76. The van der Waals surface area contributed by atoms with Crippen molar-refractivity contribution in [3.05, 3.63) is 29.6 Å². The highest BCUT2D eigenvalue weighted by Gasteiger charge is 2.40. The van der Waals surface area contributed by atoms with E-state index in [4.69, 9.17) is 10.5 Å². The molecule has 9 heteroatoms. The van der Waals surface area contributed by atoms with Crippen LogP contribution in [0.1, 0.15) is 33.3 Å². The van der Waals surface area contributed by atoms with Gasteiger partial charge < -0.3 is 25.0 Å². The maximum atomic E-state index is 14.5. The number of ether oxygens (including phenoxy) is 1. The highest BCUT2D eigenvalue weighted by atomic mass is 28.3. The Morgan fingerprint density at radius 1 is 1.46 bits per heavy atom. The van der Waals surface area contributed by atoms with E-state index in [-0.39, 0.29) is 5.82 Å². The van der Waals surface area contributed by atoms with Gasteiger partial charge >= 0.3 is 6.09 Å². The Morgan fingerprint density at radius 3 is 2.69 bits per heavy atom. The molecule has 1 atom stereocenters. The van der Waals surface area contributed by atoms with Crippen LogP contribution in [0.15, 0.2) is 27.8 Å². The Hall–Kier alpha value is -2.29. The number of carbonyl (C=O) groups is 1. The Bertz CT molecular complexity index is 775. The van der Waals surface area contributed by atoms with Crippen molar-refractivity contribution < 1.29 is 13.9 Å². The van der Waals surface area contributed by atoms with E-state index in [1.54, 1.807) is 33.9 Å². The number of anilines is 1. The Balaban J connectivity index is 2.45. The fraction of sp³-hybridized carbons (Fsp3) is 0.529. The predicted octanol–water partition coefficient (Wildman–Crippen LogP) is 2.84. The van der Waals surface area contributed by atoms with E-state index >= 15 is 0 Å². The molecule has 1 aromatic rings. The summed E-state index contributed by atoms with van der Waals surface area (Å²) >= 11 is 0. The number of hydrogen-bond acceptors (Lipinski definition) is 4. The third-order valence-corrected chi connectivity index (χ3v) is 6.56. The van der Waals surface area contributed by atoms with Crippen molar-refractivity contribution in [3.8, 4) is 0 Å². The normalized spacial score (nSPS) is 23.9. The van der Waals surface area contributed by atoms with Gasteiger partial charge in [0.25, 0.3) is 0 Å². The summed E-state index contributed by atoms with van der Waals surface area (Å²) in [6, 6.07) is 5.05. The molecular formula is C17H26FN5O2Si. The molecule has 0 bridgehead atoms. The van der Waals surface area contributed by atoms with Gasteiger partial charge in [-0.3, -0.25) is 0 Å². The summed E-state index contributed by atoms with van der Waals surface area (Å²) in [7, 11) is 2.10. The Kier molecular flexibility index (Phi) is 5.50. The van der Waals surface area contributed by atoms with E-state index < -0.39 is 26.0 Å². The summed E-state index contributed by atoms with van der Waals surface area (Å²) < 4.78 is 26.0. The molecule has 1 aromatic carbocycles. The number of benzene rings is 1. The van der Waals surface area contributed by atoms with E-state index in [0.29, 0.717) is 23.3 Å². The van der Waals surface area contributed by atoms with Gasteiger partial charge in [-0.25, -0.2) is 9.18 Å². The lowest BCUT2D eigenvalue weighted by molar-refractivity contribution is 0.0601. The molecule has 2 rings (SSSR count). The predicted molar refractivity (Wildman–Crippen MR) is 102 cm³/mol. The minimum atomic E-state index is -1.43. The van der Waals surface area contributed by atoms with Gasteiger partial charge in [-0.15, -0.1) is 4.99 Å². The number of amides is 1. The lowest BCUT2D eigenvalue weighted by atomic mass is 9.93. The lowest BCUT2D eigenvalue weighted by Crippen LogP contribution is -2.59. The second kappa shape index (κ2) is 7.14. The zero-order valence-electron chi connectivity index (χ0n) is 16.1. The van der Waals surface area contributed by atoms with Crippen LogP contribution >= 0.6 is 0 Å². The van der Waals surface area contributed by atoms with Crippen molar-refractivity contribution in [2.45, 2.75) is 44.9 Å². The lowest BCUT2D eigenvalue weighted by Gasteiger charge is -2.41. The molecule has 142 valence electrons. The highest BCUT2D eigenvalue weighted by molar-refractivity contribution is 6.48. The number of halogens is 1. The van der Waals surface area contributed by atoms with Gasteiger partial charge in [-0.1, -0.05) is 0 Å². The summed E-state index contributed by atoms with van der Waals surface area (Å²) in [6.45, 7) is 7.17. The molecule has 1 aliphatic rings. The second-order valence-corrected chi connectivity index (χ2v) is 9.79. The first-order valence-corrected chi connectivity index (χ1v) is 9.90. The van der Waals surface area contributed by atoms with E-state index in [1.165, 1.54) is 12.1 Å². The zero-order chi connectivity index (χ0) is 19.7. The van der Waals surface area contributed by atoms with Gasteiger partial charge in [-0.2, -0.15) is 0 Å². The van der Waals surface area contributed by atoms with Crippen molar-refractivity contribution in [2.24, 2.45) is 9.63 Å². The average Bonchev–Trinajstić information content (AvgIpc) is 2.51. The number of rotatable bonds is 1. The Morgan fingerprint density at radius 2 is 2.12 bits per heavy atom. The SMILES string of the molecule is C/N=[Si]1/C[C@@](C)(c2cc(N)ccc2F)N/C(=N\C(=O)OC(C)(C)C)N1C. The van der Waals surface area contributed by atoms with Crippen LogP contribution in [0.4, 0.5) is 14.9 Å². The van der Waals surface area contributed by atoms with Crippen LogP contribution in [-0.2, 0) is 10.3 Å². The minimum absolute atomic E-state index is 0.314. The van der Waals surface area contributed by atoms with E-state index in [1.807, 2.05) is 18.5 Å². The third kappa shape index (κ3) is 4.46. The average molecular weight is 380 g/mol. The molecule has 1 saturated heterocycles. The highest BCUT2D eigenvalue weighted by Crippen LogP contribution is 2.32. The molecule has 0 aliphatic carbocycles. The molecule has 0 aromatic heterocycles. The summed E-state index contributed by atoms with van der Waals surface area (Å²) in [6.07, 6.45) is -0.707. The van der Waals surface area contributed by atoms with Crippen LogP contribution in [-0.4, -0.2) is 45.1 Å². The van der Waals surface area contributed by atoms with Gasteiger partial charge in [0.1, 0.15) is 11.4 Å². The van der Waals surface area contributed by atoms with Gasteiger partial charge in [0, 0.05) is 31.4 Å². The number of carbonyl (C=O) groups excluding carboxylic acids is 1. The molecule has 7 nitrogen and oxygen atoms in total. The number of nitrogen functional groups attached to an aromatic ring is 1. The summed E-state index contributed by atoms with van der Waals surface area (Å²) in [5.41, 5.74) is 5.30. The molecule has 1 aliphatic heterocycles. The maximum Gasteiger partial charge on any atom is 0.437 e. The maximum absolute atomic E-state index is 14.5. The van der Waals surface area contributed by atoms with Crippen LogP contribution in [0.25, 0.3) is 0 Å². The summed E-state index contributed by atoms with van der Waals surface area (Å²) in [5, 5.41) is 3.19. The van der Waals surface area contributed by atoms with E-state index in [0.717, 1.165) is 0 Å². The number of aliphatic imine (C=N–C) groups is 1. The van der Waals surface area contributed by atoms with Crippen LogP contribution < -0.4 is 11.1 Å². The molecule has 1 fully saturated rings. The van der Waals surface area contributed by atoms with Crippen LogP contribution in [0.2, 0.25) is 6.04 Å². The van der Waals surface area contributed by atoms with Crippen LogP contribution in [0.3, 0.4) is 0 Å². The summed E-state index contributed by atoms with van der Waals surface area (Å²) in [4.78, 5) is 16.2. The smallest absolute Gasteiger partial charge is 0.437 e. The van der Waals surface area contributed by atoms with Crippen LogP contribution in [0.5, 0.6) is 0 Å². The largest absolute Gasteiger partial charge is 0.442 e. The zero-order valence-corrected chi connectivity index (χ0v) is 17.1. The quantitative estimate of drug-likeness (QED) is 0.578. The minimum Gasteiger partial charge on any atom is -0.442 e. The molecule has 0 spiro atoms. The van der Waals surface area contributed by atoms with Crippen molar-refractivity contribution in [1.82, 2.24) is 9.88 Å². The number of nitrogens with two attached hydrogens (primary N) is 1. The molecule has 26 heavy (non-hydrogen) atoms. The molecule has 3 N–H and O–H groups in total. The Labute approximate surface area is 154 Å². The first-order chi connectivity index (χ1) is 11.9. The van der Waals surface area contributed by atoms with Gasteiger partial charge in [-0.05, 0) is 45.9 Å². The van der Waals surface area contributed by atoms with Crippen molar-refractivity contribution in [3.63, 3.8) is 0 Å². The second-order valence-electron chi connectivity index (χ2n) is 7.49. The molecule has 0 radical (unpaired) electrons. The van der Waals surface area contributed by atoms with Crippen molar-refractivity contribution >= 4 is 26.5 Å². The van der Waals surface area contributed by atoms with Crippen molar-refractivity contribution in [2.75, 3.05) is 19.8 Å². The van der Waals surface area contributed by atoms with Gasteiger partial charge in [0.05, 0.1) is 5.54 Å². The van der Waals surface area contributed by atoms with Gasteiger partial charge in [0.2, 0.25) is 14.7 Å². The third-order valence-electron chi connectivity index (χ3n) is 4.04. The van der Waals surface area contributed by atoms with Crippen molar-refractivity contribution in [1.29, 1.82) is 0 Å². The number of hydrogen-bond donors (Lipinski definition) is 2. The summed E-state index contributed by atoms with van der Waals surface area (Å²) in [5.74, 6) is -0.0536. The topological polar surface area (TPSA) is 92.3 Å². The van der Waals surface area contributed by atoms with Crippen LogP contribution in [0, 0.1) is 5.82 Å². The van der Waals surface area contributed by atoms with Gasteiger partial charge in [0.15, 0.2) is 0 Å². The first kappa shape index (κ1) is 20.0. The first-order valence-electron chi connectivity index (χ1n) is 8.30. The molecule has 1 amide bonds. The molecule has 0 unspecified atom stereocenters. The number of guanidine groups is 1. The monoisotopic (exact) mass is 379 g/mol. The molecule has 0 saturated carbocycles. The standard InChI is InChI=1S/C17H26FN5O2Si/c1-16(2,3)25-15(24)21-14-22-17(4,10-26(20-5)23(14)6)12-9-11(19)7-8-13(12)18/h7-9H,10,19H2,1-6H3,(H,21,22,24)/b26-20-/t17-/m0/s1. The number of nitrogens with zero attached hydrogens (tertiary/aromatic N) is 3. The fourth-order valence-corrected chi connectivity index (χ4v) is 4.72. The van der Waals surface area contributed by atoms with E-state index in [9.17, 15) is 9.18 Å².